The number of para-hydroxylation sites is 1. The quantitative estimate of drug-likeness (QED) is 0.199. The normalized spacial score (nSPS) is 19.3. The van der Waals surface area contributed by atoms with Crippen LogP contribution in [0.1, 0.15) is 52.5 Å². The number of nitrogens with one attached hydrogen (secondary N) is 1. The topological polar surface area (TPSA) is 133 Å². The van der Waals surface area contributed by atoms with E-state index in [0.717, 1.165) is 92.2 Å². The van der Waals surface area contributed by atoms with E-state index in [1.807, 2.05) is 75.4 Å². The number of carbonyl (C=O) groups is 1. The molecule has 3 heterocycles. The molecule has 1 aliphatic carbocycles. The standard InChI is InChI=1S/C36H48N8O4/c1-36(2,3)48-35(45)38-17-23-46-24-22-42-18-20-43(21-19-42)27-11-13-28(14-12-27)44-34-31(33(37)39-25-40-34)32(41-44)26-9-15-30(16-10-26)47-29-7-5-4-6-8-29/h4-10,15-16,25,27-28H,11-14,17-24H2,1-3H3,(H,38,45)(H2,37,39,40). The van der Waals surface area contributed by atoms with Crippen LogP contribution in [0.3, 0.4) is 0 Å². The number of hydrogen-bond acceptors (Lipinski definition) is 10. The molecule has 2 aromatic carbocycles. The Hall–Kier alpha value is -4.26. The summed E-state index contributed by atoms with van der Waals surface area (Å²) in [7, 11) is 0. The van der Waals surface area contributed by atoms with E-state index in [1.54, 1.807) is 0 Å². The molecule has 0 spiro atoms. The first kappa shape index (κ1) is 33.6. The molecule has 1 saturated carbocycles. The Balaban J connectivity index is 0.979. The smallest absolute Gasteiger partial charge is 0.407 e. The van der Waals surface area contributed by atoms with Crippen molar-refractivity contribution in [2.75, 3.05) is 58.2 Å². The summed E-state index contributed by atoms with van der Waals surface area (Å²) in [5.41, 5.74) is 8.47. The summed E-state index contributed by atoms with van der Waals surface area (Å²) < 4.78 is 19.1. The van der Waals surface area contributed by atoms with Crippen LogP contribution in [0.25, 0.3) is 22.3 Å². The first-order valence-corrected chi connectivity index (χ1v) is 17.1. The maximum atomic E-state index is 11.7. The summed E-state index contributed by atoms with van der Waals surface area (Å²) in [6, 6.07) is 18.5. The lowest BCUT2D eigenvalue weighted by Gasteiger charge is -2.42. The Morgan fingerprint density at radius 2 is 1.58 bits per heavy atom. The lowest BCUT2D eigenvalue weighted by molar-refractivity contribution is 0.0425. The number of fused-ring (bicyclic) bond motifs is 1. The first-order valence-electron chi connectivity index (χ1n) is 17.1. The van der Waals surface area contributed by atoms with Gasteiger partial charge in [0.05, 0.1) is 24.6 Å². The lowest BCUT2D eigenvalue weighted by atomic mass is 9.90. The molecule has 1 aliphatic heterocycles. The number of alkyl carbamates (subject to hydrolysis) is 1. The minimum absolute atomic E-state index is 0.260. The third kappa shape index (κ3) is 8.60. The van der Waals surface area contributed by atoms with Gasteiger partial charge in [0, 0.05) is 50.9 Å². The fourth-order valence-electron chi connectivity index (χ4n) is 6.61. The zero-order chi connectivity index (χ0) is 33.5. The first-order chi connectivity index (χ1) is 23.2. The monoisotopic (exact) mass is 656 g/mol. The number of carbonyl (C=O) groups excluding carboxylic acids is 1. The Labute approximate surface area is 282 Å². The highest BCUT2D eigenvalue weighted by Crippen LogP contribution is 2.37. The molecule has 0 unspecified atom stereocenters. The van der Waals surface area contributed by atoms with E-state index in [2.05, 4.69) is 29.8 Å². The molecule has 6 rings (SSSR count). The molecule has 4 aromatic rings. The number of nitrogens with zero attached hydrogens (tertiary/aromatic N) is 6. The second-order valence-electron chi connectivity index (χ2n) is 13.6. The summed E-state index contributed by atoms with van der Waals surface area (Å²) in [4.78, 5) is 25.8. The van der Waals surface area contributed by atoms with E-state index in [9.17, 15) is 4.79 Å². The summed E-state index contributed by atoms with van der Waals surface area (Å²) >= 11 is 0. The Kier molecular flexibility index (Phi) is 10.7. The van der Waals surface area contributed by atoms with Gasteiger partial charge in [0.2, 0.25) is 0 Å². The van der Waals surface area contributed by atoms with Crippen LogP contribution in [0.2, 0.25) is 0 Å². The number of rotatable bonds is 11. The Morgan fingerprint density at radius 3 is 2.29 bits per heavy atom. The average molecular weight is 657 g/mol. The fraction of sp³-hybridized carbons (Fsp3) is 0.500. The highest BCUT2D eigenvalue weighted by molar-refractivity contribution is 5.98. The fourth-order valence-corrected chi connectivity index (χ4v) is 6.61. The minimum atomic E-state index is -0.496. The van der Waals surface area contributed by atoms with E-state index in [1.165, 1.54) is 6.33 Å². The number of amides is 1. The van der Waals surface area contributed by atoms with Gasteiger partial charge in [0.25, 0.3) is 0 Å². The van der Waals surface area contributed by atoms with Crippen molar-refractivity contribution in [3.05, 3.63) is 60.9 Å². The number of piperazine rings is 1. The number of nitrogen functional groups attached to an aromatic ring is 1. The largest absolute Gasteiger partial charge is 0.457 e. The van der Waals surface area contributed by atoms with Crippen LogP contribution in [0.15, 0.2) is 60.9 Å². The third-order valence-electron chi connectivity index (χ3n) is 9.03. The summed E-state index contributed by atoms with van der Waals surface area (Å²) in [6.45, 7) is 12.2. The van der Waals surface area contributed by atoms with Gasteiger partial charge >= 0.3 is 6.09 Å². The van der Waals surface area contributed by atoms with Gasteiger partial charge in [-0.3, -0.25) is 9.80 Å². The molecule has 2 aromatic heterocycles. The van der Waals surface area contributed by atoms with Gasteiger partial charge in [-0.2, -0.15) is 5.10 Å². The van der Waals surface area contributed by atoms with Gasteiger partial charge < -0.3 is 25.3 Å². The Morgan fingerprint density at radius 1 is 0.896 bits per heavy atom. The lowest BCUT2D eigenvalue weighted by Crippen LogP contribution is -2.51. The molecule has 1 saturated heterocycles. The van der Waals surface area contributed by atoms with Crippen LogP contribution < -0.4 is 15.8 Å². The van der Waals surface area contributed by atoms with Crippen LogP contribution >= 0.6 is 0 Å². The van der Waals surface area contributed by atoms with E-state index in [-0.39, 0.29) is 6.04 Å². The van der Waals surface area contributed by atoms with Crippen molar-refractivity contribution in [2.24, 2.45) is 0 Å². The van der Waals surface area contributed by atoms with Gasteiger partial charge in [0.15, 0.2) is 5.65 Å². The van der Waals surface area contributed by atoms with Crippen LogP contribution in [0, 0.1) is 0 Å². The number of hydrogen-bond donors (Lipinski definition) is 2. The van der Waals surface area contributed by atoms with E-state index < -0.39 is 11.7 Å². The van der Waals surface area contributed by atoms with Crippen LogP contribution in [-0.4, -0.2) is 99.8 Å². The number of anilines is 1. The van der Waals surface area contributed by atoms with Crippen LogP contribution in [0.4, 0.5) is 10.6 Å². The molecule has 2 aliphatic rings. The Bertz CT molecular complexity index is 1620. The summed E-state index contributed by atoms with van der Waals surface area (Å²) in [5, 5.41) is 8.64. The van der Waals surface area contributed by atoms with Crippen molar-refractivity contribution in [1.29, 1.82) is 0 Å². The van der Waals surface area contributed by atoms with Crippen molar-refractivity contribution in [3.8, 4) is 22.8 Å². The SMILES string of the molecule is CC(C)(C)OC(=O)NCCOCCN1CCN(C2CCC(n3nc(-c4ccc(Oc5ccccc5)cc4)c4c(N)ncnc43)CC2)CC1. The second-order valence-corrected chi connectivity index (χ2v) is 13.6. The van der Waals surface area contributed by atoms with Gasteiger partial charge in [-0.25, -0.2) is 19.4 Å². The molecule has 12 heteroatoms. The van der Waals surface area contributed by atoms with Gasteiger partial charge in [-0.1, -0.05) is 18.2 Å². The van der Waals surface area contributed by atoms with Crippen molar-refractivity contribution >= 4 is 22.9 Å². The summed E-state index contributed by atoms with van der Waals surface area (Å²) in [6.07, 6.45) is 5.46. The molecular formula is C36H48N8O4. The maximum Gasteiger partial charge on any atom is 0.407 e. The molecule has 48 heavy (non-hydrogen) atoms. The van der Waals surface area contributed by atoms with Gasteiger partial charge in [-0.15, -0.1) is 0 Å². The maximum absolute atomic E-state index is 11.7. The molecular weight excluding hydrogens is 608 g/mol. The third-order valence-corrected chi connectivity index (χ3v) is 9.03. The van der Waals surface area contributed by atoms with Crippen molar-refractivity contribution in [3.63, 3.8) is 0 Å². The molecule has 0 atom stereocenters. The van der Waals surface area contributed by atoms with Crippen molar-refractivity contribution < 1.29 is 19.0 Å². The predicted molar refractivity (Wildman–Crippen MR) is 186 cm³/mol. The molecule has 0 bridgehead atoms. The van der Waals surface area contributed by atoms with E-state index in [4.69, 9.17) is 25.0 Å². The molecule has 2 fully saturated rings. The highest BCUT2D eigenvalue weighted by atomic mass is 16.6. The second kappa shape index (κ2) is 15.3. The predicted octanol–water partition coefficient (Wildman–Crippen LogP) is 5.51. The van der Waals surface area contributed by atoms with E-state index in [0.29, 0.717) is 31.6 Å². The van der Waals surface area contributed by atoms with Crippen molar-refractivity contribution in [1.82, 2.24) is 34.9 Å². The zero-order valence-electron chi connectivity index (χ0n) is 28.3. The highest BCUT2D eigenvalue weighted by Gasteiger charge is 2.31. The molecule has 1 amide bonds. The van der Waals surface area contributed by atoms with Crippen LogP contribution in [-0.2, 0) is 9.47 Å². The molecule has 256 valence electrons. The average Bonchev–Trinajstić information content (AvgIpc) is 3.48. The minimum Gasteiger partial charge on any atom is -0.457 e. The molecule has 0 radical (unpaired) electrons. The van der Waals surface area contributed by atoms with E-state index >= 15 is 0 Å². The number of aromatic nitrogens is 4. The zero-order valence-corrected chi connectivity index (χ0v) is 28.3. The number of benzene rings is 2. The number of nitrogens with two attached hydrogens (primary N) is 1. The molecule has 12 nitrogen and oxygen atoms in total. The van der Waals surface area contributed by atoms with Crippen molar-refractivity contribution in [2.45, 2.75) is 64.1 Å². The molecule has 3 N–H and O–H groups in total. The summed E-state index contributed by atoms with van der Waals surface area (Å²) in [5.74, 6) is 2.00. The van der Waals surface area contributed by atoms with Gasteiger partial charge in [-0.05, 0) is 82.9 Å². The van der Waals surface area contributed by atoms with Gasteiger partial charge in [0.1, 0.15) is 34.9 Å². The van der Waals surface area contributed by atoms with Crippen LogP contribution in [0.5, 0.6) is 11.5 Å². The number of ether oxygens (including phenoxy) is 3.